The smallest absolute Gasteiger partial charge is 0.253 e. The van der Waals surface area contributed by atoms with Crippen LogP contribution in [0, 0.1) is 0 Å². The minimum Gasteiger partial charge on any atom is -0.358 e. The number of aromatic amines is 1. The van der Waals surface area contributed by atoms with Gasteiger partial charge in [0.05, 0.1) is 11.1 Å². The zero-order chi connectivity index (χ0) is 21.5. The van der Waals surface area contributed by atoms with Crippen LogP contribution in [0.15, 0.2) is 48.5 Å². The highest BCUT2D eigenvalue weighted by Crippen LogP contribution is 2.31. The number of nitrogens with zero attached hydrogens (tertiary/aromatic N) is 1. The second kappa shape index (κ2) is 7.61. The van der Waals surface area contributed by atoms with Crippen LogP contribution in [-0.4, -0.2) is 34.5 Å². The fourth-order valence-electron chi connectivity index (χ4n) is 4.82. The lowest BCUT2D eigenvalue weighted by atomic mass is 10.1. The van der Waals surface area contributed by atoms with E-state index in [9.17, 15) is 9.59 Å². The number of carbonyl (C=O) groups excluding carboxylic acids is 2. The van der Waals surface area contributed by atoms with Crippen molar-refractivity contribution < 1.29 is 9.59 Å². The molecule has 2 aliphatic heterocycles. The van der Waals surface area contributed by atoms with E-state index < -0.39 is 0 Å². The maximum absolute atomic E-state index is 12.0. The van der Waals surface area contributed by atoms with Crippen LogP contribution >= 0.6 is 0 Å². The first-order valence-corrected chi connectivity index (χ1v) is 10.8. The molecular weight excluding hydrogens is 388 g/mol. The van der Waals surface area contributed by atoms with E-state index in [1.165, 1.54) is 11.2 Å². The van der Waals surface area contributed by atoms with Crippen molar-refractivity contribution in [3.63, 3.8) is 0 Å². The third-order valence-electron chi connectivity index (χ3n) is 6.07. The molecule has 31 heavy (non-hydrogen) atoms. The van der Waals surface area contributed by atoms with Gasteiger partial charge in [0.15, 0.2) is 0 Å². The maximum atomic E-state index is 12.0. The number of nitrogens with one attached hydrogen (secondary N) is 3. The number of amides is 2. The van der Waals surface area contributed by atoms with Gasteiger partial charge in [0, 0.05) is 65.2 Å². The molecule has 3 N–H and O–H groups in total. The average Bonchev–Trinajstić information content (AvgIpc) is 3.31. The minimum absolute atomic E-state index is 0.0451. The van der Waals surface area contributed by atoms with Crippen LogP contribution in [0.2, 0.25) is 0 Å². The fraction of sp³-hybridized carbons (Fsp3) is 0.280. The van der Waals surface area contributed by atoms with Crippen molar-refractivity contribution in [2.75, 3.05) is 13.1 Å². The molecule has 2 amide bonds. The Morgan fingerprint density at radius 1 is 0.806 bits per heavy atom. The summed E-state index contributed by atoms with van der Waals surface area (Å²) in [4.78, 5) is 26.9. The van der Waals surface area contributed by atoms with Gasteiger partial charge in [-0.15, -0.1) is 0 Å². The molecular formula is C25H26N4O2. The average molecular weight is 415 g/mol. The Kier molecular flexibility index (Phi) is 4.77. The lowest BCUT2D eigenvalue weighted by Gasteiger charge is -2.18. The number of benzene rings is 2. The highest BCUT2D eigenvalue weighted by molar-refractivity contribution is 6.09. The van der Waals surface area contributed by atoms with Crippen molar-refractivity contribution >= 4 is 33.6 Å². The number of carbonyl (C=O) groups is 2. The number of rotatable bonds is 1. The van der Waals surface area contributed by atoms with E-state index in [1.807, 2.05) is 42.5 Å². The number of hydrogen-bond acceptors (Lipinski definition) is 2. The fourth-order valence-corrected chi connectivity index (χ4v) is 4.82. The summed E-state index contributed by atoms with van der Waals surface area (Å²) in [5, 5.41) is 7.89. The number of para-hydroxylation sites is 2. The topological polar surface area (TPSA) is 78.9 Å². The molecule has 0 atom stereocenters. The molecule has 0 saturated carbocycles. The molecule has 0 bridgehead atoms. The van der Waals surface area contributed by atoms with Crippen molar-refractivity contribution in [3.05, 3.63) is 71.0 Å². The number of hydrogen-bond donors (Lipinski definition) is 3. The van der Waals surface area contributed by atoms with Gasteiger partial charge in [0.25, 0.3) is 11.8 Å². The Balaban J connectivity index is 0.000000134. The summed E-state index contributed by atoms with van der Waals surface area (Å²) in [6, 6.07) is 16.5. The summed E-state index contributed by atoms with van der Waals surface area (Å²) in [6.07, 6.45) is 1.82. The lowest BCUT2D eigenvalue weighted by Crippen LogP contribution is -2.32. The second-order valence-corrected chi connectivity index (χ2v) is 8.34. The van der Waals surface area contributed by atoms with Gasteiger partial charge < -0.3 is 20.2 Å². The predicted molar refractivity (Wildman–Crippen MR) is 123 cm³/mol. The Morgan fingerprint density at radius 2 is 1.45 bits per heavy atom. The monoisotopic (exact) mass is 414 g/mol. The molecule has 4 heterocycles. The standard InChI is InChI=1S/C14H16N2O.C11H10N2O/c1-9(2)16-11-6-4-3-5-10(11)13-12(16)7-8-15-14(13)17;14-11-10-7-3-1-2-4-8(7)13-9(10)5-6-12-11/h3-6,9H,7-8H2,1-2H3,(H,15,17);1-4,13H,5-6H2,(H,12,14). The van der Waals surface area contributed by atoms with Gasteiger partial charge in [0.1, 0.15) is 0 Å². The molecule has 0 radical (unpaired) electrons. The minimum atomic E-state index is 0.0451. The quantitative estimate of drug-likeness (QED) is 0.441. The van der Waals surface area contributed by atoms with E-state index in [2.05, 4.69) is 40.1 Å². The molecule has 6 rings (SSSR count). The number of aromatic nitrogens is 2. The molecule has 0 fully saturated rings. The lowest BCUT2D eigenvalue weighted by molar-refractivity contribution is 0.0938. The van der Waals surface area contributed by atoms with Crippen LogP contribution in [0.4, 0.5) is 0 Å². The summed E-state index contributed by atoms with van der Waals surface area (Å²) in [6.45, 7) is 5.81. The summed E-state index contributed by atoms with van der Waals surface area (Å²) >= 11 is 0. The van der Waals surface area contributed by atoms with Gasteiger partial charge in [-0.05, 0) is 26.0 Å². The van der Waals surface area contributed by atoms with E-state index >= 15 is 0 Å². The first-order chi connectivity index (χ1) is 15.1. The van der Waals surface area contributed by atoms with Gasteiger partial charge >= 0.3 is 0 Å². The predicted octanol–water partition coefficient (Wildman–Crippen LogP) is 3.96. The number of H-pyrrole nitrogens is 1. The van der Waals surface area contributed by atoms with E-state index in [-0.39, 0.29) is 11.8 Å². The first-order valence-electron chi connectivity index (χ1n) is 10.8. The highest BCUT2D eigenvalue weighted by atomic mass is 16.2. The molecule has 6 nitrogen and oxygen atoms in total. The number of fused-ring (bicyclic) bond motifs is 6. The summed E-state index contributed by atoms with van der Waals surface area (Å²) in [5.74, 6) is 0.116. The molecule has 2 aliphatic rings. The van der Waals surface area contributed by atoms with Crippen LogP contribution in [0.3, 0.4) is 0 Å². The maximum Gasteiger partial charge on any atom is 0.253 e. The molecule has 0 aliphatic carbocycles. The zero-order valence-corrected chi connectivity index (χ0v) is 17.8. The van der Waals surface area contributed by atoms with Crippen molar-refractivity contribution in [3.8, 4) is 0 Å². The molecule has 2 aromatic carbocycles. The van der Waals surface area contributed by atoms with E-state index in [4.69, 9.17) is 0 Å². The second-order valence-electron chi connectivity index (χ2n) is 8.34. The Labute approximate surface area is 180 Å². The van der Waals surface area contributed by atoms with Crippen LogP contribution in [0.1, 0.15) is 52.0 Å². The SMILES string of the molecule is CC(C)n1c2c(c3ccccc31)C(=O)NCC2.O=C1NCCc2[nH]c3ccccc3c21. The first kappa shape index (κ1) is 19.4. The third kappa shape index (κ3) is 3.19. The van der Waals surface area contributed by atoms with Gasteiger partial charge in [-0.3, -0.25) is 9.59 Å². The summed E-state index contributed by atoms with van der Waals surface area (Å²) in [7, 11) is 0. The van der Waals surface area contributed by atoms with Crippen LogP contribution < -0.4 is 10.6 Å². The molecule has 6 heteroatoms. The summed E-state index contributed by atoms with van der Waals surface area (Å²) < 4.78 is 2.30. The Hall–Kier alpha value is -3.54. The van der Waals surface area contributed by atoms with E-state index in [1.54, 1.807) is 0 Å². The largest absolute Gasteiger partial charge is 0.358 e. The Morgan fingerprint density at radius 3 is 2.23 bits per heavy atom. The van der Waals surface area contributed by atoms with Crippen LogP contribution in [0.25, 0.3) is 21.8 Å². The van der Waals surface area contributed by atoms with Gasteiger partial charge in [-0.25, -0.2) is 0 Å². The highest BCUT2D eigenvalue weighted by Gasteiger charge is 2.26. The van der Waals surface area contributed by atoms with Crippen LogP contribution in [-0.2, 0) is 12.8 Å². The third-order valence-corrected chi connectivity index (χ3v) is 6.07. The molecule has 158 valence electrons. The van der Waals surface area contributed by atoms with Crippen molar-refractivity contribution in [2.24, 2.45) is 0 Å². The zero-order valence-electron chi connectivity index (χ0n) is 17.8. The van der Waals surface area contributed by atoms with Crippen LogP contribution in [0.5, 0.6) is 0 Å². The van der Waals surface area contributed by atoms with Gasteiger partial charge in [0.2, 0.25) is 0 Å². The van der Waals surface area contributed by atoms with Crippen molar-refractivity contribution in [2.45, 2.75) is 32.7 Å². The van der Waals surface area contributed by atoms with E-state index in [0.29, 0.717) is 6.04 Å². The van der Waals surface area contributed by atoms with Gasteiger partial charge in [-0.2, -0.15) is 0 Å². The van der Waals surface area contributed by atoms with Crippen molar-refractivity contribution in [1.82, 2.24) is 20.2 Å². The molecule has 0 spiro atoms. The normalized spacial score (nSPS) is 15.2. The molecule has 4 aromatic rings. The van der Waals surface area contributed by atoms with Gasteiger partial charge in [-0.1, -0.05) is 36.4 Å². The molecule has 0 saturated heterocycles. The molecule has 2 aromatic heterocycles. The molecule has 0 unspecified atom stereocenters. The van der Waals surface area contributed by atoms with Crippen molar-refractivity contribution in [1.29, 1.82) is 0 Å². The van der Waals surface area contributed by atoms with E-state index in [0.717, 1.165) is 59.0 Å². The summed E-state index contributed by atoms with van der Waals surface area (Å²) in [5.41, 5.74) is 6.17. The Bertz CT molecular complexity index is 1310.